The summed E-state index contributed by atoms with van der Waals surface area (Å²) in [4.78, 5) is 10.7. The summed E-state index contributed by atoms with van der Waals surface area (Å²) < 4.78 is 4.92. The van der Waals surface area contributed by atoms with Gasteiger partial charge >= 0.3 is 0 Å². The van der Waals surface area contributed by atoms with Gasteiger partial charge in [0.25, 0.3) is 0 Å². The molecule has 0 atom stereocenters. The van der Waals surface area contributed by atoms with Crippen LogP contribution in [0, 0.1) is 0 Å². The molecule has 0 aliphatic carbocycles. The second-order valence-electron chi connectivity index (χ2n) is 15.3. The van der Waals surface area contributed by atoms with Crippen LogP contribution in [0.15, 0.2) is 212 Å². The van der Waals surface area contributed by atoms with Gasteiger partial charge in [-0.2, -0.15) is 0 Å². The predicted octanol–water partition coefficient (Wildman–Crippen LogP) is 15.4. The molecule has 60 heavy (non-hydrogen) atoms. The monoisotopic (exact) mass is 781 g/mol. The summed E-state index contributed by atoms with van der Waals surface area (Å²) in [6, 6.07) is 76.3. The predicted molar refractivity (Wildman–Crippen MR) is 254 cm³/mol. The minimum Gasteiger partial charge on any atom is -0.277 e. The zero-order chi connectivity index (χ0) is 39.6. The molecule has 0 N–H and O–H groups in total. The molecule has 280 valence electrons. The van der Waals surface area contributed by atoms with Gasteiger partial charge in [0.2, 0.25) is 5.95 Å². The summed E-state index contributed by atoms with van der Waals surface area (Å²) >= 11 is 1.87. The van der Waals surface area contributed by atoms with Crippen molar-refractivity contribution in [1.29, 1.82) is 0 Å². The lowest BCUT2D eigenvalue weighted by Gasteiger charge is -2.15. The molecule has 0 bridgehead atoms. The van der Waals surface area contributed by atoms with Crippen LogP contribution in [0.25, 0.3) is 115 Å². The van der Waals surface area contributed by atoms with E-state index >= 15 is 0 Å². The topological polar surface area (TPSA) is 30.7 Å². The fourth-order valence-electron chi connectivity index (χ4n) is 9.01. The zero-order valence-corrected chi connectivity index (χ0v) is 33.3. The van der Waals surface area contributed by atoms with Crippen molar-refractivity contribution in [3.63, 3.8) is 0 Å². The molecule has 0 aliphatic heterocycles. The van der Waals surface area contributed by atoms with E-state index in [0.29, 0.717) is 5.95 Å². The number of hydrogen-bond donors (Lipinski definition) is 0. The van der Waals surface area contributed by atoms with E-state index in [9.17, 15) is 0 Å². The molecule has 3 aromatic heterocycles. The Morgan fingerprint density at radius 2 is 0.933 bits per heavy atom. The Morgan fingerprint density at radius 3 is 1.72 bits per heavy atom. The molecule has 0 radical (unpaired) electrons. The van der Waals surface area contributed by atoms with Crippen molar-refractivity contribution in [1.82, 2.24) is 14.5 Å². The number of hydrogen-bond acceptors (Lipinski definition) is 3. The first kappa shape index (κ1) is 34.4. The van der Waals surface area contributed by atoms with Gasteiger partial charge in [0.15, 0.2) is 0 Å². The third-order valence-electron chi connectivity index (χ3n) is 11.8. The van der Waals surface area contributed by atoms with Gasteiger partial charge in [-0.25, -0.2) is 9.97 Å². The van der Waals surface area contributed by atoms with Gasteiger partial charge in [-0.1, -0.05) is 170 Å². The summed E-state index contributed by atoms with van der Waals surface area (Å²) in [5, 5.41) is 5.96. The van der Waals surface area contributed by atoms with Crippen LogP contribution in [0.1, 0.15) is 0 Å². The summed E-state index contributed by atoms with van der Waals surface area (Å²) in [5.41, 5.74) is 14.4. The van der Waals surface area contributed by atoms with E-state index in [2.05, 4.69) is 211 Å². The van der Waals surface area contributed by atoms with Crippen molar-refractivity contribution in [3.05, 3.63) is 212 Å². The van der Waals surface area contributed by atoms with Gasteiger partial charge in [-0.3, -0.25) is 4.57 Å². The van der Waals surface area contributed by atoms with Crippen LogP contribution in [0.4, 0.5) is 0 Å². The van der Waals surface area contributed by atoms with Crippen LogP contribution in [0.5, 0.6) is 0 Å². The molecular weight excluding hydrogens is 747 g/mol. The second kappa shape index (κ2) is 14.0. The molecule has 0 amide bonds. The average Bonchev–Trinajstić information content (AvgIpc) is 3.88. The number of nitrogens with zero attached hydrogens (tertiary/aromatic N) is 3. The molecule has 12 aromatic rings. The van der Waals surface area contributed by atoms with Crippen molar-refractivity contribution in [2.75, 3.05) is 0 Å². The number of benzene rings is 9. The van der Waals surface area contributed by atoms with Gasteiger partial charge in [0, 0.05) is 47.5 Å². The summed E-state index contributed by atoms with van der Waals surface area (Å²) in [7, 11) is 0. The fraction of sp³-hybridized carbons (Fsp3) is 0. The van der Waals surface area contributed by atoms with Gasteiger partial charge in [0.05, 0.1) is 22.2 Å². The molecule has 3 nitrogen and oxygen atoms in total. The van der Waals surface area contributed by atoms with E-state index in [1.807, 2.05) is 17.4 Å². The Balaban J connectivity index is 1.09. The number of para-hydroxylation sites is 2. The molecule has 0 spiro atoms. The highest BCUT2D eigenvalue weighted by molar-refractivity contribution is 7.26. The lowest BCUT2D eigenvalue weighted by molar-refractivity contribution is 1.01. The lowest BCUT2D eigenvalue weighted by atomic mass is 9.93. The quantitative estimate of drug-likeness (QED) is 0.168. The van der Waals surface area contributed by atoms with Crippen molar-refractivity contribution in [2.45, 2.75) is 0 Å². The molecular formula is C56H35N3S. The molecule has 9 aromatic carbocycles. The second-order valence-corrected chi connectivity index (χ2v) is 16.4. The lowest BCUT2D eigenvalue weighted by Crippen LogP contribution is -2.04. The van der Waals surface area contributed by atoms with E-state index in [1.54, 1.807) is 0 Å². The molecule has 0 saturated heterocycles. The maximum Gasteiger partial charge on any atom is 0.235 e. The molecule has 0 aliphatic rings. The average molecular weight is 782 g/mol. The first-order valence-corrected chi connectivity index (χ1v) is 21.1. The highest BCUT2D eigenvalue weighted by Crippen LogP contribution is 2.44. The van der Waals surface area contributed by atoms with Crippen molar-refractivity contribution < 1.29 is 0 Å². The normalized spacial score (nSPS) is 11.7. The van der Waals surface area contributed by atoms with Crippen LogP contribution < -0.4 is 0 Å². The summed E-state index contributed by atoms with van der Waals surface area (Å²) in [6.45, 7) is 0. The minimum atomic E-state index is 0.645. The van der Waals surface area contributed by atoms with Crippen molar-refractivity contribution >= 4 is 64.2 Å². The van der Waals surface area contributed by atoms with E-state index in [0.717, 1.165) is 66.2 Å². The van der Waals surface area contributed by atoms with Gasteiger partial charge < -0.3 is 0 Å². The smallest absolute Gasteiger partial charge is 0.235 e. The SMILES string of the molecule is c1ccc(-c2cc(-c3cccc(-c4cccc(-c5cccc6c5sc5ccccc56)c4)c3)c3c(c2)c2ccccc2n3-c2nc(-c3ccccc3)c3ccccc3n2)cc1. The number of thiophene rings is 1. The molecule has 4 heteroatoms. The number of aromatic nitrogens is 3. The molecule has 12 rings (SSSR count). The third-order valence-corrected chi connectivity index (χ3v) is 13.0. The van der Waals surface area contributed by atoms with Crippen LogP contribution in [0.2, 0.25) is 0 Å². The molecule has 0 unspecified atom stereocenters. The number of fused-ring (bicyclic) bond motifs is 7. The standard InChI is InChI=1S/C56H35N3S/c1-3-16-36(17-4-1)42-34-48(41-23-14-21-39(33-41)38-20-13-22-40(32-38)43-27-15-28-46-45-25-9-12-31-52(45)60-55(43)46)54-49(35-42)44-24-8-11-30-51(44)59(54)56-57-50-29-10-7-26-47(50)53(58-56)37-18-5-2-6-19-37/h1-35H. The largest absolute Gasteiger partial charge is 0.277 e. The van der Waals surface area contributed by atoms with Crippen molar-refractivity contribution in [3.8, 4) is 61.7 Å². The molecule has 0 fully saturated rings. The van der Waals surface area contributed by atoms with Crippen LogP contribution >= 0.6 is 11.3 Å². The first-order chi connectivity index (χ1) is 29.7. The third kappa shape index (κ3) is 5.65. The highest BCUT2D eigenvalue weighted by atomic mass is 32.1. The van der Waals surface area contributed by atoms with Crippen molar-refractivity contribution in [2.24, 2.45) is 0 Å². The van der Waals surface area contributed by atoms with E-state index < -0.39 is 0 Å². The van der Waals surface area contributed by atoms with Crippen LogP contribution in [-0.4, -0.2) is 14.5 Å². The van der Waals surface area contributed by atoms with E-state index in [4.69, 9.17) is 9.97 Å². The van der Waals surface area contributed by atoms with Crippen LogP contribution in [0.3, 0.4) is 0 Å². The van der Waals surface area contributed by atoms with Crippen LogP contribution in [-0.2, 0) is 0 Å². The number of rotatable bonds is 6. The Bertz CT molecular complexity index is 3600. The molecule has 3 heterocycles. The van der Waals surface area contributed by atoms with Gasteiger partial charge in [-0.15, -0.1) is 11.3 Å². The Kier molecular flexibility index (Phi) is 8.03. The van der Waals surface area contributed by atoms with E-state index in [-0.39, 0.29) is 0 Å². The first-order valence-electron chi connectivity index (χ1n) is 20.3. The fourth-order valence-corrected chi connectivity index (χ4v) is 10.2. The van der Waals surface area contributed by atoms with E-state index in [1.165, 1.54) is 42.4 Å². The van der Waals surface area contributed by atoms with Gasteiger partial charge in [-0.05, 0) is 81.4 Å². The van der Waals surface area contributed by atoms with Gasteiger partial charge in [0.1, 0.15) is 0 Å². The Labute approximate surface area is 351 Å². The minimum absolute atomic E-state index is 0.645. The maximum atomic E-state index is 5.42. The highest BCUT2D eigenvalue weighted by Gasteiger charge is 2.22. The Morgan fingerprint density at radius 1 is 0.350 bits per heavy atom. The molecule has 0 saturated carbocycles. The maximum absolute atomic E-state index is 5.42. The summed E-state index contributed by atoms with van der Waals surface area (Å²) in [6.07, 6.45) is 0. The summed E-state index contributed by atoms with van der Waals surface area (Å²) in [5.74, 6) is 0.645. The zero-order valence-electron chi connectivity index (χ0n) is 32.5. The Hall–Kier alpha value is -7.66.